The Balaban J connectivity index is -0.00000106. The van der Waals surface area contributed by atoms with Crippen LogP contribution in [0.2, 0.25) is 0 Å². The Morgan fingerprint density at radius 3 is 1.23 bits per heavy atom. The third-order valence-corrected chi connectivity index (χ3v) is 7.75. The summed E-state index contributed by atoms with van der Waals surface area (Å²) in [6.45, 7) is 23.6. The summed E-state index contributed by atoms with van der Waals surface area (Å²) in [7, 11) is 4.10. The molecule has 0 aromatic heterocycles. The van der Waals surface area contributed by atoms with E-state index in [4.69, 9.17) is 4.74 Å². The van der Waals surface area contributed by atoms with Gasteiger partial charge in [0.2, 0.25) is 0 Å². The van der Waals surface area contributed by atoms with Crippen molar-refractivity contribution in [1.29, 1.82) is 0 Å². The molecule has 1 saturated heterocycles. The average Bonchev–Trinajstić information content (AvgIpc) is 3.51. The second-order valence-corrected chi connectivity index (χ2v) is 14.6. The maximum absolute atomic E-state index is 13.0. The van der Waals surface area contributed by atoms with Crippen LogP contribution in [0.15, 0.2) is 54.6 Å². The second kappa shape index (κ2) is 24.4. The molecule has 0 bridgehead atoms. The minimum Gasteiger partial charge on any atom is -0.872 e. The van der Waals surface area contributed by atoms with Gasteiger partial charge in [-0.15, -0.1) is 11.5 Å². The maximum atomic E-state index is 13.0. The largest absolute Gasteiger partial charge is 3.00 e. The van der Waals surface area contributed by atoms with Crippen LogP contribution in [0.25, 0.3) is 0 Å². The molecular weight excluding hydrogens is 717 g/mol. The number of ether oxygens (including phenoxy) is 1. The van der Waals surface area contributed by atoms with E-state index < -0.39 is 0 Å². The third kappa shape index (κ3) is 18.5. The van der Waals surface area contributed by atoms with Crippen molar-refractivity contribution in [2.24, 2.45) is 0 Å². The number of likely N-dealkylation sites (N-methyl/N-ethyl adjacent to an activating group) is 2. The van der Waals surface area contributed by atoms with Crippen molar-refractivity contribution in [3.8, 4) is 11.5 Å². The first-order chi connectivity index (χ1) is 20.5. The summed E-state index contributed by atoms with van der Waals surface area (Å²) in [5.41, 5.74) is 6.75. The van der Waals surface area contributed by atoms with Crippen molar-refractivity contribution in [3.63, 3.8) is 0 Å². The number of nitrogens with zero attached hydrogens (tertiary/aromatic N) is 2. The van der Waals surface area contributed by atoms with Gasteiger partial charge in [-0.25, -0.2) is 0 Å². The molecule has 5 nitrogen and oxygen atoms in total. The first kappa shape index (κ1) is 51.6. The minimum atomic E-state index is -0.160. The van der Waals surface area contributed by atoms with Gasteiger partial charge in [0.1, 0.15) is 0 Å². The quantitative estimate of drug-likeness (QED) is 0.341. The molecule has 1 aliphatic rings. The van der Waals surface area contributed by atoms with Crippen molar-refractivity contribution < 1.29 is 74.6 Å². The molecule has 3 aromatic carbocycles. The first-order valence-electron chi connectivity index (χ1n) is 16.1. The molecule has 0 unspecified atom stereocenters. The van der Waals surface area contributed by atoms with Crippen LogP contribution in [-0.4, -0.2) is 67.0 Å². The fourth-order valence-electron chi connectivity index (χ4n) is 5.17. The molecule has 0 spiro atoms. The molecule has 261 valence electrons. The molecule has 0 amide bonds. The summed E-state index contributed by atoms with van der Waals surface area (Å²) in [4.78, 5) is 4.38. The Hall–Kier alpha value is -0.782. The van der Waals surface area contributed by atoms with Crippen LogP contribution in [0.3, 0.4) is 0 Å². The Bertz CT molecular complexity index is 1230. The van der Waals surface area contributed by atoms with Crippen molar-refractivity contribution >= 4 is 16.8 Å². The van der Waals surface area contributed by atoms with E-state index in [0.29, 0.717) is 13.1 Å². The van der Waals surface area contributed by atoms with E-state index in [1.807, 2.05) is 42.5 Å². The van der Waals surface area contributed by atoms with Crippen LogP contribution in [0.1, 0.15) is 93.3 Å². The maximum Gasteiger partial charge on any atom is 3.00 e. The molecule has 4 rings (SSSR count). The zero-order chi connectivity index (χ0) is 33.1. The van der Waals surface area contributed by atoms with Gasteiger partial charge in [-0.1, -0.05) is 130 Å². The molecule has 1 heterocycles. The molecule has 1 aliphatic heterocycles. The smallest absolute Gasteiger partial charge is 0.872 e. The molecule has 9 heteroatoms. The average molecular weight is 784 g/mol. The van der Waals surface area contributed by atoms with Crippen LogP contribution in [0, 0.1) is 61.6 Å². The molecule has 3 aromatic rings. The van der Waals surface area contributed by atoms with Gasteiger partial charge >= 0.3 is 59.7 Å². The summed E-state index contributed by atoms with van der Waals surface area (Å²) >= 11 is 0. The van der Waals surface area contributed by atoms with E-state index in [9.17, 15) is 10.2 Å². The number of hydrogen-bond acceptors (Lipinski definition) is 5. The summed E-state index contributed by atoms with van der Waals surface area (Å²) in [6.07, 6.45) is 2.56. The SMILES string of the molecule is C1CCOC1.Cc1cc(CN(C)CCN(C)Cc2cc(C)cc(C(C)(C)C)c2[O-])c([O-])c(C(C)(C)C)c1.Cc1ccccc1.[BH4-].[BH4-].[Li+].[Nd+3]. The van der Waals surface area contributed by atoms with Gasteiger partial charge in [-0.3, -0.25) is 0 Å². The van der Waals surface area contributed by atoms with Crippen LogP contribution in [0.4, 0.5) is 0 Å². The van der Waals surface area contributed by atoms with Gasteiger partial charge < -0.3 is 24.7 Å². The summed E-state index contributed by atoms with van der Waals surface area (Å²) in [6, 6.07) is 18.3. The molecule has 1 radical (unpaired) electrons. The predicted octanol–water partition coefficient (Wildman–Crippen LogP) is 1.50. The number of rotatable bonds is 7. The van der Waals surface area contributed by atoms with Crippen molar-refractivity contribution in [1.82, 2.24) is 9.80 Å². The van der Waals surface area contributed by atoms with Crippen LogP contribution < -0.4 is 29.1 Å². The third-order valence-electron chi connectivity index (χ3n) is 7.75. The summed E-state index contributed by atoms with van der Waals surface area (Å²) < 4.78 is 4.94. The van der Waals surface area contributed by atoms with Gasteiger partial charge in [0.15, 0.2) is 0 Å². The van der Waals surface area contributed by atoms with Gasteiger partial charge in [-0.2, -0.15) is 0 Å². The minimum absolute atomic E-state index is 0. The molecule has 0 saturated carbocycles. The fourth-order valence-corrected chi connectivity index (χ4v) is 5.17. The van der Waals surface area contributed by atoms with Crippen molar-refractivity contribution in [2.75, 3.05) is 40.4 Å². The topological polar surface area (TPSA) is 61.8 Å². The van der Waals surface area contributed by atoms with E-state index >= 15 is 0 Å². The molecule has 0 aliphatic carbocycles. The standard InChI is InChI=1S/C28H44N2O2.C7H8.C4H8O.2BH4.Li.Nd/c1-19-13-21(25(31)23(15-19)27(3,4)5)17-29(9)11-12-30(10)18-22-14-20(2)16-24(26(22)32)28(6,7)8;1-7-5-3-2-4-6-7;1-2-4-5-3-1;;;;/h13-16,31-32H,11-12,17-18H2,1-10H3;2-6H,1H3;1-4H2;2*1H4;;/q;;;2*-1;+1;+3/p-2. The van der Waals surface area contributed by atoms with E-state index in [1.165, 1.54) is 18.4 Å². The number of aryl methyl sites for hydroxylation is 3. The summed E-state index contributed by atoms with van der Waals surface area (Å²) in [5, 5.41) is 26.0. The molecule has 0 atom stereocenters. The van der Waals surface area contributed by atoms with Crippen LogP contribution in [0.5, 0.6) is 11.5 Å². The van der Waals surface area contributed by atoms with Gasteiger partial charge in [0, 0.05) is 39.4 Å². The molecule has 48 heavy (non-hydrogen) atoms. The molecule has 0 N–H and O–H groups in total. The zero-order valence-corrected chi connectivity index (χ0v) is 34.2. The molecule has 1 fully saturated rings. The first-order valence-corrected chi connectivity index (χ1v) is 16.1. The zero-order valence-electron chi connectivity index (χ0n) is 31.0. The normalized spacial score (nSPS) is 12.3. The van der Waals surface area contributed by atoms with E-state index in [0.717, 1.165) is 59.7 Å². The van der Waals surface area contributed by atoms with Crippen LogP contribution in [-0.2, 0) is 28.7 Å². The predicted molar refractivity (Wildman–Crippen MR) is 205 cm³/mol. The summed E-state index contributed by atoms with van der Waals surface area (Å²) in [5.74, 6) is 0.322. The Kier molecular flexibility index (Phi) is 26.2. The van der Waals surface area contributed by atoms with Crippen molar-refractivity contribution in [3.05, 3.63) is 93.5 Å². The Labute approximate surface area is 342 Å². The van der Waals surface area contributed by atoms with Gasteiger partial charge in [0.25, 0.3) is 0 Å². The van der Waals surface area contributed by atoms with E-state index in [2.05, 4.69) is 98.3 Å². The fraction of sp³-hybridized carbons (Fsp3) is 0.538. The Morgan fingerprint density at radius 2 is 0.979 bits per heavy atom. The van der Waals surface area contributed by atoms with Crippen LogP contribution >= 0.6 is 0 Å². The van der Waals surface area contributed by atoms with E-state index in [-0.39, 0.29) is 98.9 Å². The molecular formula is C39H66B2LiN2NdO3. The van der Waals surface area contributed by atoms with Crippen molar-refractivity contribution in [2.45, 2.75) is 99.1 Å². The van der Waals surface area contributed by atoms with E-state index in [1.54, 1.807) is 0 Å². The van der Waals surface area contributed by atoms with Gasteiger partial charge in [-0.05, 0) is 80.8 Å². The second-order valence-electron chi connectivity index (χ2n) is 14.6. The van der Waals surface area contributed by atoms with Gasteiger partial charge in [0.05, 0.1) is 0 Å². The monoisotopic (exact) mass is 781 g/mol. The number of benzene rings is 3. The number of hydrogen-bond donors (Lipinski definition) is 0. The Morgan fingerprint density at radius 1 is 0.625 bits per heavy atom.